The van der Waals surface area contributed by atoms with Crippen LogP contribution in [0, 0.1) is 13.8 Å². The number of rotatable bonds is 7. The third-order valence-electron chi connectivity index (χ3n) is 4.24. The predicted molar refractivity (Wildman–Crippen MR) is 110 cm³/mol. The first-order valence-corrected chi connectivity index (χ1v) is 9.29. The molecule has 0 saturated heterocycles. The highest BCUT2D eigenvalue weighted by atomic mass is 16.2. The molecule has 0 fully saturated rings. The lowest BCUT2D eigenvalue weighted by Crippen LogP contribution is -2.33. The monoisotopic (exact) mass is 379 g/mol. The Kier molecular flexibility index (Phi) is 6.21. The summed E-state index contributed by atoms with van der Waals surface area (Å²) in [6, 6.07) is 11.4. The molecule has 8 heteroatoms. The summed E-state index contributed by atoms with van der Waals surface area (Å²) in [7, 11) is 0. The second-order valence-electron chi connectivity index (χ2n) is 6.42. The molecule has 2 aromatic heterocycles. The van der Waals surface area contributed by atoms with Crippen LogP contribution in [0.15, 0.2) is 42.7 Å². The molecule has 1 aromatic carbocycles. The molecule has 0 atom stereocenters. The third-order valence-corrected chi connectivity index (χ3v) is 4.24. The molecule has 0 aliphatic rings. The number of benzene rings is 1. The quantitative estimate of drug-likeness (QED) is 0.548. The first-order chi connectivity index (χ1) is 13.6. The Bertz CT molecular complexity index is 951. The van der Waals surface area contributed by atoms with Crippen molar-refractivity contribution >= 4 is 17.5 Å². The number of urea groups is 1. The van der Waals surface area contributed by atoms with Crippen molar-refractivity contribution in [1.29, 1.82) is 0 Å². The van der Waals surface area contributed by atoms with Gasteiger partial charge in [-0.3, -0.25) is 0 Å². The van der Waals surface area contributed by atoms with Crippen molar-refractivity contribution in [1.82, 2.24) is 25.1 Å². The van der Waals surface area contributed by atoms with Gasteiger partial charge >= 0.3 is 6.03 Å². The molecule has 28 heavy (non-hydrogen) atoms. The maximum Gasteiger partial charge on any atom is 0.319 e. The van der Waals surface area contributed by atoms with Crippen LogP contribution in [-0.4, -0.2) is 38.9 Å². The Morgan fingerprint density at radius 2 is 1.93 bits per heavy atom. The Morgan fingerprint density at radius 1 is 1.11 bits per heavy atom. The van der Waals surface area contributed by atoms with Crippen molar-refractivity contribution in [3.63, 3.8) is 0 Å². The summed E-state index contributed by atoms with van der Waals surface area (Å²) in [4.78, 5) is 20.6. The van der Waals surface area contributed by atoms with E-state index in [1.807, 2.05) is 50.2 Å². The summed E-state index contributed by atoms with van der Waals surface area (Å²) < 4.78 is 1.78. The van der Waals surface area contributed by atoms with Crippen molar-refractivity contribution in [2.75, 3.05) is 23.7 Å². The number of carbonyl (C=O) groups excluding carboxylic acids is 1. The van der Waals surface area contributed by atoms with E-state index in [1.165, 1.54) is 6.33 Å². The van der Waals surface area contributed by atoms with E-state index in [0.717, 1.165) is 29.1 Å². The molecule has 8 nitrogen and oxygen atoms in total. The minimum Gasteiger partial charge on any atom is -0.368 e. The number of para-hydroxylation sites is 1. The zero-order chi connectivity index (χ0) is 19.9. The molecular weight excluding hydrogens is 354 g/mol. The Balaban J connectivity index is 1.49. The van der Waals surface area contributed by atoms with Gasteiger partial charge < -0.3 is 16.0 Å². The standard InChI is InChI=1S/C20H25N7O/c1-4-16-7-5-6-8-17(16)25-20(28)22-10-9-21-18-12-19(24-13-23-18)27-15(3)11-14(2)26-27/h5-8,11-13H,4,9-10H2,1-3H3,(H,21,23,24)(H2,22,25,28). The van der Waals surface area contributed by atoms with E-state index in [9.17, 15) is 4.79 Å². The second-order valence-corrected chi connectivity index (χ2v) is 6.42. The lowest BCUT2D eigenvalue weighted by molar-refractivity contribution is 0.252. The van der Waals surface area contributed by atoms with Gasteiger partial charge in [0.15, 0.2) is 5.82 Å². The molecular formula is C20H25N7O. The summed E-state index contributed by atoms with van der Waals surface area (Å²) in [5.74, 6) is 1.38. The van der Waals surface area contributed by atoms with Crippen LogP contribution in [0.4, 0.5) is 16.3 Å². The van der Waals surface area contributed by atoms with Gasteiger partial charge in [0.1, 0.15) is 12.1 Å². The number of hydrogen-bond donors (Lipinski definition) is 3. The fraction of sp³-hybridized carbons (Fsp3) is 0.300. The fourth-order valence-corrected chi connectivity index (χ4v) is 2.90. The van der Waals surface area contributed by atoms with Crippen LogP contribution in [0.2, 0.25) is 0 Å². The maximum atomic E-state index is 12.1. The van der Waals surface area contributed by atoms with Crippen LogP contribution in [-0.2, 0) is 6.42 Å². The molecule has 0 radical (unpaired) electrons. The Morgan fingerprint density at radius 3 is 2.68 bits per heavy atom. The molecule has 0 aliphatic heterocycles. The predicted octanol–water partition coefficient (Wildman–Crippen LogP) is 3.08. The summed E-state index contributed by atoms with van der Waals surface area (Å²) in [6.45, 7) is 6.98. The minimum atomic E-state index is -0.228. The zero-order valence-electron chi connectivity index (χ0n) is 16.4. The van der Waals surface area contributed by atoms with Crippen molar-refractivity contribution in [2.24, 2.45) is 0 Å². The summed E-state index contributed by atoms with van der Waals surface area (Å²) in [5, 5.41) is 13.3. The van der Waals surface area contributed by atoms with Crippen molar-refractivity contribution < 1.29 is 4.79 Å². The average Bonchev–Trinajstić information content (AvgIpc) is 3.04. The lowest BCUT2D eigenvalue weighted by Gasteiger charge is -2.11. The number of nitrogens with one attached hydrogen (secondary N) is 3. The molecule has 0 unspecified atom stereocenters. The van der Waals surface area contributed by atoms with Gasteiger partial charge in [-0.15, -0.1) is 0 Å². The first-order valence-electron chi connectivity index (χ1n) is 9.29. The third kappa shape index (κ3) is 4.85. The van der Waals surface area contributed by atoms with Crippen LogP contribution < -0.4 is 16.0 Å². The summed E-state index contributed by atoms with van der Waals surface area (Å²) >= 11 is 0. The highest BCUT2D eigenvalue weighted by Gasteiger charge is 2.07. The summed E-state index contributed by atoms with van der Waals surface area (Å²) in [6.07, 6.45) is 2.36. The Hall–Kier alpha value is -3.42. The molecule has 3 aromatic rings. The fourth-order valence-electron chi connectivity index (χ4n) is 2.90. The number of anilines is 2. The summed E-state index contributed by atoms with van der Waals surface area (Å²) in [5.41, 5.74) is 3.88. The number of nitrogens with zero attached hydrogens (tertiary/aromatic N) is 4. The number of carbonyl (C=O) groups is 1. The van der Waals surface area contributed by atoms with Crippen molar-refractivity contribution in [3.05, 3.63) is 59.7 Å². The topological polar surface area (TPSA) is 96.8 Å². The van der Waals surface area contributed by atoms with Crippen LogP contribution in [0.1, 0.15) is 23.9 Å². The van der Waals surface area contributed by atoms with E-state index < -0.39 is 0 Å². The van der Waals surface area contributed by atoms with E-state index in [1.54, 1.807) is 4.68 Å². The number of amides is 2. The zero-order valence-corrected chi connectivity index (χ0v) is 16.4. The lowest BCUT2D eigenvalue weighted by atomic mass is 10.1. The van der Waals surface area contributed by atoms with E-state index in [4.69, 9.17) is 0 Å². The molecule has 146 valence electrons. The van der Waals surface area contributed by atoms with Crippen molar-refractivity contribution in [2.45, 2.75) is 27.2 Å². The van der Waals surface area contributed by atoms with Gasteiger partial charge in [0.2, 0.25) is 0 Å². The van der Waals surface area contributed by atoms with Gasteiger partial charge in [0.05, 0.1) is 5.69 Å². The van der Waals surface area contributed by atoms with Gasteiger partial charge in [0.25, 0.3) is 0 Å². The van der Waals surface area contributed by atoms with Gasteiger partial charge in [-0.05, 0) is 38.0 Å². The van der Waals surface area contributed by atoms with Crippen molar-refractivity contribution in [3.8, 4) is 5.82 Å². The van der Waals surface area contributed by atoms with Gasteiger partial charge in [-0.25, -0.2) is 19.4 Å². The molecule has 3 rings (SSSR count). The molecule has 0 saturated carbocycles. The van der Waals surface area contributed by atoms with E-state index in [2.05, 4.69) is 37.9 Å². The first kappa shape index (κ1) is 19.3. The number of hydrogen-bond acceptors (Lipinski definition) is 5. The van der Waals surface area contributed by atoms with Gasteiger partial charge in [-0.1, -0.05) is 25.1 Å². The maximum absolute atomic E-state index is 12.1. The van der Waals surface area contributed by atoms with Crippen LogP contribution in [0.5, 0.6) is 0 Å². The average molecular weight is 379 g/mol. The second kappa shape index (κ2) is 8.98. The largest absolute Gasteiger partial charge is 0.368 e. The number of aromatic nitrogens is 4. The Labute approximate surface area is 164 Å². The molecule has 0 bridgehead atoms. The molecule has 3 N–H and O–H groups in total. The molecule has 2 amide bonds. The smallest absolute Gasteiger partial charge is 0.319 e. The minimum absolute atomic E-state index is 0.228. The van der Waals surface area contributed by atoms with Crippen LogP contribution in [0.3, 0.4) is 0 Å². The van der Waals surface area contributed by atoms with E-state index in [-0.39, 0.29) is 6.03 Å². The van der Waals surface area contributed by atoms with Crippen LogP contribution >= 0.6 is 0 Å². The molecule has 0 aliphatic carbocycles. The number of aryl methyl sites for hydroxylation is 3. The highest BCUT2D eigenvalue weighted by Crippen LogP contribution is 2.15. The van der Waals surface area contributed by atoms with Gasteiger partial charge in [0, 0.05) is 30.5 Å². The molecule has 2 heterocycles. The molecule has 0 spiro atoms. The highest BCUT2D eigenvalue weighted by molar-refractivity contribution is 5.90. The normalized spacial score (nSPS) is 10.5. The van der Waals surface area contributed by atoms with E-state index >= 15 is 0 Å². The van der Waals surface area contributed by atoms with Gasteiger partial charge in [-0.2, -0.15) is 5.10 Å². The van der Waals surface area contributed by atoms with Crippen LogP contribution in [0.25, 0.3) is 5.82 Å². The van der Waals surface area contributed by atoms with E-state index in [0.29, 0.717) is 24.7 Å². The SMILES string of the molecule is CCc1ccccc1NC(=O)NCCNc1cc(-n2nc(C)cc2C)ncn1.